The van der Waals surface area contributed by atoms with Gasteiger partial charge in [0.15, 0.2) is 0 Å². The third-order valence-electron chi connectivity index (χ3n) is 3.26. The molecule has 0 saturated heterocycles. The van der Waals surface area contributed by atoms with E-state index >= 15 is 0 Å². The second-order valence-electron chi connectivity index (χ2n) is 4.57. The third kappa shape index (κ3) is 3.27. The van der Waals surface area contributed by atoms with Gasteiger partial charge in [0.1, 0.15) is 0 Å². The van der Waals surface area contributed by atoms with Gasteiger partial charge in [-0.05, 0) is 47.6 Å². The number of hydrogen-bond donors (Lipinski definition) is 1. The van der Waals surface area contributed by atoms with Gasteiger partial charge in [-0.25, -0.2) is 0 Å². The van der Waals surface area contributed by atoms with Gasteiger partial charge < -0.3 is 5.32 Å². The lowest BCUT2D eigenvalue weighted by molar-refractivity contribution is 0.560. The summed E-state index contributed by atoms with van der Waals surface area (Å²) in [7, 11) is 3.98. The average molecular weight is 387 g/mol. The summed E-state index contributed by atoms with van der Waals surface area (Å²) in [6.45, 7) is 2.01. The molecule has 102 valence electrons. The monoisotopic (exact) mass is 385 g/mol. The van der Waals surface area contributed by atoms with E-state index in [0.29, 0.717) is 0 Å². The van der Waals surface area contributed by atoms with E-state index in [9.17, 15) is 0 Å². The van der Waals surface area contributed by atoms with Gasteiger partial charge in [-0.1, -0.05) is 28.1 Å². The second kappa shape index (κ2) is 6.20. The molecule has 0 radical (unpaired) electrons. The van der Waals surface area contributed by atoms with Crippen molar-refractivity contribution in [1.29, 1.82) is 0 Å². The summed E-state index contributed by atoms with van der Waals surface area (Å²) in [5, 5.41) is 7.82. The van der Waals surface area contributed by atoms with E-state index in [1.54, 1.807) is 0 Å². The smallest absolute Gasteiger partial charge is 0.0738 e. The first-order valence-corrected chi connectivity index (χ1v) is 7.72. The number of benzene rings is 1. The van der Waals surface area contributed by atoms with Crippen LogP contribution in [0.2, 0.25) is 0 Å². The highest BCUT2D eigenvalue weighted by Crippen LogP contribution is 2.27. The molecule has 1 aromatic carbocycles. The van der Waals surface area contributed by atoms with Crippen LogP contribution >= 0.6 is 31.9 Å². The Morgan fingerprint density at radius 2 is 2.11 bits per heavy atom. The number of hydrogen-bond acceptors (Lipinski definition) is 2. The predicted octanol–water partition coefficient (Wildman–Crippen LogP) is 3.76. The Morgan fingerprint density at radius 1 is 1.37 bits per heavy atom. The molecule has 1 heterocycles. The van der Waals surface area contributed by atoms with Crippen LogP contribution < -0.4 is 5.32 Å². The Kier molecular flexibility index (Phi) is 4.81. The van der Waals surface area contributed by atoms with Crippen LogP contribution in [0.15, 0.2) is 33.2 Å². The standard InChI is InChI=1S/C14H17Br2N3/c1-9-14(16)13(19(3)18-9)8-12(17-2)10-5-4-6-11(15)7-10/h4-7,12,17H,8H2,1-3H3. The summed E-state index contributed by atoms with van der Waals surface area (Å²) in [4.78, 5) is 0. The van der Waals surface area contributed by atoms with Crippen LogP contribution in [0.3, 0.4) is 0 Å². The summed E-state index contributed by atoms with van der Waals surface area (Å²) in [5.41, 5.74) is 3.50. The van der Waals surface area contributed by atoms with Crippen molar-refractivity contribution in [3.8, 4) is 0 Å². The Bertz CT molecular complexity index is 578. The molecular formula is C14H17Br2N3. The lowest BCUT2D eigenvalue weighted by atomic mass is 10.0. The van der Waals surface area contributed by atoms with Crippen LogP contribution in [-0.2, 0) is 13.5 Å². The summed E-state index contributed by atoms with van der Waals surface area (Å²) < 4.78 is 4.15. The van der Waals surface area contributed by atoms with Crippen LogP contribution in [0.5, 0.6) is 0 Å². The van der Waals surface area contributed by atoms with Crippen molar-refractivity contribution in [3.05, 3.63) is 50.2 Å². The first-order chi connectivity index (χ1) is 9.02. The number of likely N-dealkylation sites (N-methyl/N-ethyl adjacent to an activating group) is 1. The molecule has 2 aromatic rings. The van der Waals surface area contributed by atoms with Gasteiger partial charge in [-0.2, -0.15) is 5.10 Å². The lowest BCUT2D eigenvalue weighted by Crippen LogP contribution is -2.20. The normalized spacial score (nSPS) is 12.7. The summed E-state index contributed by atoms with van der Waals surface area (Å²) in [5.74, 6) is 0. The number of nitrogens with one attached hydrogen (secondary N) is 1. The molecule has 0 aliphatic heterocycles. The highest BCUT2D eigenvalue weighted by atomic mass is 79.9. The van der Waals surface area contributed by atoms with Gasteiger partial charge in [0.2, 0.25) is 0 Å². The Morgan fingerprint density at radius 3 is 2.63 bits per heavy atom. The van der Waals surface area contributed by atoms with E-state index in [4.69, 9.17) is 0 Å². The summed E-state index contributed by atoms with van der Waals surface area (Å²) in [6.07, 6.45) is 0.894. The molecule has 0 amide bonds. The zero-order chi connectivity index (χ0) is 14.0. The van der Waals surface area contributed by atoms with Crippen LogP contribution in [-0.4, -0.2) is 16.8 Å². The molecule has 2 rings (SSSR count). The lowest BCUT2D eigenvalue weighted by Gasteiger charge is -2.17. The van der Waals surface area contributed by atoms with Crippen molar-refractivity contribution in [2.75, 3.05) is 7.05 Å². The average Bonchev–Trinajstić information content (AvgIpc) is 2.61. The third-order valence-corrected chi connectivity index (χ3v) is 4.78. The Balaban J connectivity index is 2.29. The molecule has 0 fully saturated rings. The van der Waals surface area contributed by atoms with Crippen LogP contribution in [0.1, 0.15) is 23.0 Å². The molecule has 1 atom stereocenters. The second-order valence-corrected chi connectivity index (χ2v) is 6.28. The number of halogens is 2. The minimum Gasteiger partial charge on any atom is -0.313 e. The largest absolute Gasteiger partial charge is 0.313 e. The molecular weight excluding hydrogens is 370 g/mol. The fourth-order valence-electron chi connectivity index (χ4n) is 2.21. The minimum absolute atomic E-state index is 0.267. The SMILES string of the molecule is CNC(Cc1c(Br)c(C)nn1C)c1cccc(Br)c1. The van der Waals surface area contributed by atoms with E-state index in [0.717, 1.165) is 21.1 Å². The minimum atomic E-state index is 0.267. The summed E-state index contributed by atoms with van der Waals surface area (Å²) in [6, 6.07) is 8.67. The molecule has 0 bridgehead atoms. The van der Waals surface area contributed by atoms with Crippen molar-refractivity contribution in [1.82, 2.24) is 15.1 Å². The van der Waals surface area contributed by atoms with Crippen molar-refractivity contribution < 1.29 is 0 Å². The van der Waals surface area contributed by atoms with Crippen LogP contribution in [0.4, 0.5) is 0 Å². The van der Waals surface area contributed by atoms with E-state index in [1.165, 1.54) is 11.3 Å². The van der Waals surface area contributed by atoms with Crippen molar-refractivity contribution >= 4 is 31.9 Å². The maximum absolute atomic E-state index is 4.44. The van der Waals surface area contributed by atoms with Gasteiger partial charge in [-0.3, -0.25) is 4.68 Å². The van der Waals surface area contributed by atoms with Gasteiger partial charge in [0, 0.05) is 24.0 Å². The Hall–Kier alpha value is -0.650. The van der Waals surface area contributed by atoms with Crippen molar-refractivity contribution in [2.24, 2.45) is 7.05 Å². The molecule has 0 aliphatic rings. The van der Waals surface area contributed by atoms with E-state index in [-0.39, 0.29) is 6.04 Å². The maximum Gasteiger partial charge on any atom is 0.0738 e. The number of aryl methyl sites for hydroxylation is 2. The fraction of sp³-hybridized carbons (Fsp3) is 0.357. The zero-order valence-electron chi connectivity index (χ0n) is 11.2. The maximum atomic E-state index is 4.44. The first-order valence-electron chi connectivity index (χ1n) is 6.13. The van der Waals surface area contributed by atoms with Crippen molar-refractivity contribution in [3.63, 3.8) is 0 Å². The molecule has 1 N–H and O–H groups in total. The van der Waals surface area contributed by atoms with Gasteiger partial charge >= 0.3 is 0 Å². The van der Waals surface area contributed by atoms with Crippen molar-refractivity contribution in [2.45, 2.75) is 19.4 Å². The van der Waals surface area contributed by atoms with E-state index in [1.807, 2.05) is 31.8 Å². The molecule has 1 unspecified atom stereocenters. The van der Waals surface area contributed by atoms with Crippen LogP contribution in [0.25, 0.3) is 0 Å². The van der Waals surface area contributed by atoms with Gasteiger partial charge in [0.25, 0.3) is 0 Å². The molecule has 3 nitrogen and oxygen atoms in total. The number of nitrogens with zero attached hydrogens (tertiary/aromatic N) is 2. The van der Waals surface area contributed by atoms with E-state index < -0.39 is 0 Å². The zero-order valence-corrected chi connectivity index (χ0v) is 14.4. The Labute approximate surface area is 130 Å². The number of aromatic nitrogens is 2. The van der Waals surface area contributed by atoms with Crippen LogP contribution in [0, 0.1) is 6.92 Å². The molecule has 0 aliphatic carbocycles. The highest BCUT2D eigenvalue weighted by molar-refractivity contribution is 9.10. The first kappa shape index (κ1) is 14.8. The topological polar surface area (TPSA) is 29.9 Å². The predicted molar refractivity (Wildman–Crippen MR) is 85.3 cm³/mol. The number of rotatable bonds is 4. The van der Waals surface area contributed by atoms with E-state index in [2.05, 4.69) is 60.5 Å². The van der Waals surface area contributed by atoms with Gasteiger partial charge in [-0.15, -0.1) is 0 Å². The molecule has 19 heavy (non-hydrogen) atoms. The quantitative estimate of drug-likeness (QED) is 0.866. The highest BCUT2D eigenvalue weighted by Gasteiger charge is 2.17. The fourth-order valence-corrected chi connectivity index (χ4v) is 3.12. The van der Waals surface area contributed by atoms with Gasteiger partial charge in [0.05, 0.1) is 15.9 Å². The summed E-state index contributed by atoms with van der Waals surface area (Å²) >= 11 is 7.15. The molecule has 0 saturated carbocycles. The molecule has 5 heteroatoms. The molecule has 0 spiro atoms. The molecule has 1 aromatic heterocycles.